The Morgan fingerprint density at radius 3 is 2.44 bits per heavy atom. The molecule has 5 aromatic rings. The summed E-state index contributed by atoms with van der Waals surface area (Å²) in [4.78, 5) is 33.9. The minimum absolute atomic E-state index is 0.223. The zero-order chi connectivity index (χ0) is 26.9. The molecule has 0 aliphatic carbocycles. The number of fused-ring (bicyclic) bond motifs is 2. The van der Waals surface area contributed by atoms with Crippen LogP contribution in [-0.4, -0.2) is 20.5 Å². The fourth-order valence-corrected chi connectivity index (χ4v) is 5.45. The van der Waals surface area contributed by atoms with E-state index in [1.54, 1.807) is 9.47 Å². The average molecular weight is 519 g/mol. The van der Waals surface area contributed by atoms with Gasteiger partial charge >= 0.3 is 6.03 Å². The first-order valence-corrected chi connectivity index (χ1v) is 13.0. The van der Waals surface area contributed by atoms with Crippen LogP contribution >= 0.6 is 0 Å². The van der Waals surface area contributed by atoms with E-state index in [1.165, 1.54) is 18.2 Å². The van der Waals surface area contributed by atoms with Gasteiger partial charge in [0.15, 0.2) is 0 Å². The summed E-state index contributed by atoms with van der Waals surface area (Å²) in [5, 5.41) is 3.51. The third kappa shape index (κ3) is 4.56. The maximum atomic E-state index is 14.2. The van der Waals surface area contributed by atoms with Crippen molar-refractivity contribution in [2.45, 2.75) is 32.0 Å². The lowest BCUT2D eigenvalue weighted by Crippen LogP contribution is -2.40. The number of nitrogens with one attached hydrogen (secondary N) is 1. The van der Waals surface area contributed by atoms with E-state index in [1.807, 2.05) is 91.9 Å². The number of rotatable bonds is 5. The molecule has 0 bridgehead atoms. The molecule has 2 amide bonds. The minimum atomic E-state index is -0.482. The maximum Gasteiger partial charge on any atom is 0.322 e. The molecule has 1 N–H and O–H groups in total. The van der Waals surface area contributed by atoms with Crippen LogP contribution in [0.15, 0.2) is 108 Å². The number of benzene rings is 4. The van der Waals surface area contributed by atoms with Gasteiger partial charge in [0, 0.05) is 18.2 Å². The number of hydrogen-bond donors (Lipinski definition) is 1. The molecule has 0 radical (unpaired) electrons. The Morgan fingerprint density at radius 2 is 1.67 bits per heavy atom. The molecule has 0 saturated carbocycles. The van der Waals surface area contributed by atoms with Gasteiger partial charge in [-0.1, -0.05) is 78.9 Å². The quantitative estimate of drug-likeness (QED) is 0.274. The van der Waals surface area contributed by atoms with E-state index in [4.69, 9.17) is 4.98 Å². The standard InChI is InChI=1S/C32H27FN4O2/c1-21(22-10-4-2-5-11-22)37(32(39)35-27-15-9-8-14-25(27)23-12-6-3-7-13-23)29-18-19-36-30(29)34-28-20-24(33)16-17-26(28)31(36)38/h2-17,20-21,29H,18-19H2,1H3,(H,35,39). The van der Waals surface area contributed by atoms with E-state index >= 15 is 0 Å². The molecule has 2 heterocycles. The number of hydrogen-bond acceptors (Lipinski definition) is 3. The summed E-state index contributed by atoms with van der Waals surface area (Å²) in [5.74, 6) is 0.00560. The molecule has 0 spiro atoms. The van der Waals surface area contributed by atoms with Crippen molar-refractivity contribution >= 4 is 22.6 Å². The lowest BCUT2D eigenvalue weighted by Gasteiger charge is -2.34. The molecule has 1 aromatic heterocycles. The highest BCUT2D eigenvalue weighted by Crippen LogP contribution is 2.37. The highest BCUT2D eigenvalue weighted by molar-refractivity contribution is 5.95. The molecule has 6 nitrogen and oxygen atoms in total. The number of carbonyl (C=O) groups is 1. The zero-order valence-corrected chi connectivity index (χ0v) is 21.4. The first-order chi connectivity index (χ1) is 19.0. The summed E-state index contributed by atoms with van der Waals surface area (Å²) in [7, 11) is 0. The van der Waals surface area contributed by atoms with Gasteiger partial charge in [0.05, 0.1) is 28.7 Å². The van der Waals surface area contributed by atoms with E-state index < -0.39 is 11.9 Å². The fraction of sp³-hybridized carbons (Fsp3) is 0.156. The zero-order valence-electron chi connectivity index (χ0n) is 21.4. The molecular formula is C32H27FN4O2. The third-order valence-corrected chi connectivity index (χ3v) is 7.39. The van der Waals surface area contributed by atoms with Crippen LogP contribution in [0.5, 0.6) is 0 Å². The van der Waals surface area contributed by atoms with Gasteiger partial charge < -0.3 is 10.2 Å². The van der Waals surface area contributed by atoms with Crippen molar-refractivity contribution in [1.29, 1.82) is 0 Å². The molecule has 7 heteroatoms. The smallest absolute Gasteiger partial charge is 0.308 e. The van der Waals surface area contributed by atoms with Crippen molar-refractivity contribution in [1.82, 2.24) is 14.5 Å². The highest BCUT2D eigenvalue weighted by Gasteiger charge is 2.37. The Labute approximate surface area is 225 Å². The molecule has 39 heavy (non-hydrogen) atoms. The van der Waals surface area contributed by atoms with Gasteiger partial charge in [-0.2, -0.15) is 0 Å². The molecule has 4 aromatic carbocycles. The molecule has 1 aliphatic rings. The van der Waals surface area contributed by atoms with Crippen LogP contribution in [0.25, 0.3) is 22.0 Å². The number of carbonyl (C=O) groups excluding carboxylic acids is 1. The summed E-state index contributed by atoms with van der Waals surface area (Å²) < 4.78 is 15.7. The van der Waals surface area contributed by atoms with Crippen LogP contribution in [0.1, 0.15) is 36.8 Å². The number of para-hydroxylation sites is 1. The Balaban J connectivity index is 1.43. The predicted octanol–water partition coefficient (Wildman–Crippen LogP) is 6.94. The van der Waals surface area contributed by atoms with Crippen molar-refractivity contribution in [3.8, 4) is 11.1 Å². The maximum absolute atomic E-state index is 14.2. The van der Waals surface area contributed by atoms with Crippen molar-refractivity contribution in [3.63, 3.8) is 0 Å². The number of anilines is 1. The van der Waals surface area contributed by atoms with Gasteiger partial charge in [0.25, 0.3) is 5.56 Å². The van der Waals surface area contributed by atoms with Gasteiger partial charge in [-0.15, -0.1) is 0 Å². The Kier molecular flexibility index (Phi) is 6.40. The Morgan fingerprint density at radius 1 is 0.974 bits per heavy atom. The first kappa shape index (κ1) is 24.6. The largest absolute Gasteiger partial charge is 0.322 e. The molecule has 1 aliphatic heterocycles. The van der Waals surface area contributed by atoms with Crippen LogP contribution in [0.3, 0.4) is 0 Å². The number of nitrogens with zero attached hydrogens (tertiary/aromatic N) is 3. The lowest BCUT2D eigenvalue weighted by molar-refractivity contribution is 0.159. The van der Waals surface area contributed by atoms with Crippen molar-refractivity contribution in [2.24, 2.45) is 0 Å². The molecular weight excluding hydrogens is 491 g/mol. The number of amides is 2. The molecule has 194 valence electrons. The van der Waals surface area contributed by atoms with Crippen LogP contribution in [0.2, 0.25) is 0 Å². The van der Waals surface area contributed by atoms with Crippen molar-refractivity contribution in [2.75, 3.05) is 5.32 Å². The number of urea groups is 1. The SMILES string of the molecule is CC(c1ccccc1)N(C(=O)Nc1ccccc1-c1ccccc1)C1CCn2c1nc1cc(F)ccc1c2=O. The first-order valence-electron chi connectivity index (χ1n) is 13.0. The number of aromatic nitrogens is 2. The van der Waals surface area contributed by atoms with Crippen molar-refractivity contribution < 1.29 is 9.18 Å². The predicted molar refractivity (Wildman–Crippen MR) is 151 cm³/mol. The van der Waals surface area contributed by atoms with E-state index in [9.17, 15) is 14.0 Å². The molecule has 2 unspecified atom stereocenters. The van der Waals surface area contributed by atoms with E-state index in [-0.39, 0.29) is 17.6 Å². The van der Waals surface area contributed by atoms with Crippen molar-refractivity contribution in [3.05, 3.63) is 131 Å². The molecule has 6 rings (SSSR count). The summed E-state index contributed by atoms with van der Waals surface area (Å²) in [5.41, 5.74) is 3.60. The molecule has 0 saturated heterocycles. The van der Waals surface area contributed by atoms with Gasteiger partial charge in [-0.3, -0.25) is 9.36 Å². The van der Waals surface area contributed by atoms with E-state index in [0.717, 1.165) is 16.7 Å². The normalized spacial score (nSPS) is 15.1. The van der Waals surface area contributed by atoms with Crippen LogP contribution in [-0.2, 0) is 6.54 Å². The second-order valence-corrected chi connectivity index (χ2v) is 9.73. The highest BCUT2D eigenvalue weighted by atomic mass is 19.1. The molecule has 0 fully saturated rings. The Hall–Kier alpha value is -4.78. The lowest BCUT2D eigenvalue weighted by atomic mass is 10.0. The Bertz CT molecular complexity index is 1720. The number of halogens is 1. The average Bonchev–Trinajstić information content (AvgIpc) is 3.38. The summed E-state index contributed by atoms with van der Waals surface area (Å²) in [6.45, 7) is 2.39. The minimum Gasteiger partial charge on any atom is -0.308 e. The second-order valence-electron chi connectivity index (χ2n) is 9.73. The summed E-state index contributed by atoms with van der Waals surface area (Å²) in [6, 6.07) is 30.2. The van der Waals surface area contributed by atoms with Gasteiger partial charge in [-0.05, 0) is 42.7 Å². The van der Waals surface area contributed by atoms with Crippen LogP contribution in [0.4, 0.5) is 14.9 Å². The van der Waals surface area contributed by atoms with E-state index in [2.05, 4.69) is 5.32 Å². The third-order valence-electron chi connectivity index (χ3n) is 7.39. The monoisotopic (exact) mass is 518 g/mol. The van der Waals surface area contributed by atoms with Gasteiger partial charge in [0.1, 0.15) is 11.6 Å². The summed E-state index contributed by atoms with van der Waals surface area (Å²) >= 11 is 0. The fourth-order valence-electron chi connectivity index (χ4n) is 5.45. The summed E-state index contributed by atoms with van der Waals surface area (Å²) in [6.07, 6.45) is 0.520. The molecule has 2 atom stereocenters. The topological polar surface area (TPSA) is 67.2 Å². The van der Waals surface area contributed by atoms with Gasteiger partial charge in [0.2, 0.25) is 0 Å². The van der Waals surface area contributed by atoms with E-state index in [0.29, 0.717) is 35.4 Å². The van der Waals surface area contributed by atoms with Crippen LogP contribution < -0.4 is 10.9 Å². The van der Waals surface area contributed by atoms with Gasteiger partial charge in [-0.25, -0.2) is 14.2 Å². The van der Waals surface area contributed by atoms with Crippen LogP contribution in [0, 0.1) is 5.82 Å². The second kappa shape index (κ2) is 10.2.